The Kier molecular flexibility index (Phi) is 3.50. The van der Waals surface area contributed by atoms with Crippen LogP contribution in [0.4, 0.5) is 5.95 Å². The van der Waals surface area contributed by atoms with E-state index in [1.54, 1.807) is 11.3 Å². The molecule has 1 aliphatic carbocycles. The summed E-state index contributed by atoms with van der Waals surface area (Å²) in [5.41, 5.74) is 2.47. The molecule has 0 unspecified atom stereocenters. The molecule has 1 saturated carbocycles. The standard InChI is InChI=1S/C12H17N5OS/c1-17(8-2-3-8)5-6-18-10-9-4-7-19-11(9)15-12(14-10)16-13/h4,7-8H,2-3,5-6,13H2,1H3,(H,14,15,16). The molecule has 1 aliphatic rings. The van der Waals surface area contributed by atoms with Crippen LogP contribution in [0.2, 0.25) is 0 Å². The van der Waals surface area contributed by atoms with Crippen molar-refractivity contribution >= 4 is 27.5 Å². The molecule has 0 amide bonds. The predicted octanol–water partition coefficient (Wildman–Crippen LogP) is 1.45. The van der Waals surface area contributed by atoms with Crippen molar-refractivity contribution in [2.75, 3.05) is 25.6 Å². The van der Waals surface area contributed by atoms with E-state index in [2.05, 4.69) is 27.3 Å². The fourth-order valence-corrected chi connectivity index (χ4v) is 2.74. The Labute approximate surface area is 115 Å². The van der Waals surface area contributed by atoms with Crippen molar-refractivity contribution < 1.29 is 4.74 Å². The first-order valence-corrected chi connectivity index (χ1v) is 7.21. The van der Waals surface area contributed by atoms with Gasteiger partial charge in [-0.25, -0.2) is 10.8 Å². The number of aromatic nitrogens is 2. The number of anilines is 1. The first-order valence-electron chi connectivity index (χ1n) is 6.33. The molecule has 2 heterocycles. The van der Waals surface area contributed by atoms with Gasteiger partial charge < -0.3 is 9.64 Å². The van der Waals surface area contributed by atoms with Gasteiger partial charge in [0.05, 0.1) is 5.39 Å². The lowest BCUT2D eigenvalue weighted by atomic mass is 10.4. The molecule has 6 nitrogen and oxygen atoms in total. The van der Waals surface area contributed by atoms with Crippen LogP contribution in [-0.2, 0) is 0 Å². The van der Waals surface area contributed by atoms with E-state index in [9.17, 15) is 0 Å². The van der Waals surface area contributed by atoms with Crippen molar-refractivity contribution in [1.29, 1.82) is 0 Å². The molecular formula is C12H17N5OS. The smallest absolute Gasteiger partial charge is 0.241 e. The minimum absolute atomic E-state index is 0.389. The lowest BCUT2D eigenvalue weighted by Gasteiger charge is -2.15. The van der Waals surface area contributed by atoms with Gasteiger partial charge >= 0.3 is 0 Å². The molecule has 0 aliphatic heterocycles. The average molecular weight is 279 g/mol. The summed E-state index contributed by atoms with van der Waals surface area (Å²) in [6.07, 6.45) is 2.61. The predicted molar refractivity (Wildman–Crippen MR) is 76.4 cm³/mol. The Morgan fingerprint density at radius 1 is 1.53 bits per heavy atom. The van der Waals surface area contributed by atoms with Gasteiger partial charge in [-0.05, 0) is 31.3 Å². The zero-order chi connectivity index (χ0) is 13.2. The molecule has 2 aromatic heterocycles. The normalized spacial score (nSPS) is 15.1. The number of hydrogen-bond donors (Lipinski definition) is 2. The van der Waals surface area contributed by atoms with E-state index in [1.165, 1.54) is 12.8 Å². The second-order valence-corrected chi connectivity index (χ2v) is 5.59. The second-order valence-electron chi connectivity index (χ2n) is 4.70. The van der Waals surface area contributed by atoms with E-state index in [0.717, 1.165) is 22.8 Å². The molecule has 2 aromatic rings. The van der Waals surface area contributed by atoms with E-state index >= 15 is 0 Å². The minimum Gasteiger partial charge on any atom is -0.476 e. The second kappa shape index (κ2) is 5.28. The molecule has 3 N–H and O–H groups in total. The summed E-state index contributed by atoms with van der Waals surface area (Å²) in [7, 11) is 2.13. The molecule has 0 aromatic carbocycles. The Hall–Kier alpha value is -1.44. The van der Waals surface area contributed by atoms with Crippen LogP contribution >= 0.6 is 11.3 Å². The number of rotatable bonds is 6. The van der Waals surface area contributed by atoms with Gasteiger partial charge in [-0.3, -0.25) is 5.43 Å². The molecular weight excluding hydrogens is 262 g/mol. The summed E-state index contributed by atoms with van der Waals surface area (Å²) in [5, 5.41) is 2.92. The highest BCUT2D eigenvalue weighted by molar-refractivity contribution is 7.16. The number of likely N-dealkylation sites (N-methyl/N-ethyl adjacent to an activating group) is 1. The summed E-state index contributed by atoms with van der Waals surface area (Å²) in [6, 6.07) is 2.72. The first-order chi connectivity index (χ1) is 9.28. The van der Waals surface area contributed by atoms with Crippen LogP contribution in [0.3, 0.4) is 0 Å². The Bertz CT molecular complexity index is 568. The van der Waals surface area contributed by atoms with Crippen LogP contribution in [0, 0.1) is 0 Å². The molecule has 0 saturated heterocycles. The highest BCUT2D eigenvalue weighted by Gasteiger charge is 2.25. The SMILES string of the molecule is CN(CCOc1nc(NN)nc2sccc12)C1CC1. The third-order valence-corrected chi connectivity index (χ3v) is 4.08. The monoisotopic (exact) mass is 279 g/mol. The van der Waals surface area contributed by atoms with Crippen LogP contribution in [0.25, 0.3) is 10.2 Å². The molecule has 19 heavy (non-hydrogen) atoms. The number of nitrogens with zero attached hydrogens (tertiary/aromatic N) is 3. The van der Waals surface area contributed by atoms with Crippen LogP contribution in [0.1, 0.15) is 12.8 Å². The highest BCUT2D eigenvalue weighted by atomic mass is 32.1. The average Bonchev–Trinajstić information content (AvgIpc) is 3.16. The zero-order valence-corrected chi connectivity index (χ0v) is 11.6. The maximum atomic E-state index is 5.79. The molecule has 0 atom stereocenters. The molecule has 0 radical (unpaired) electrons. The third-order valence-electron chi connectivity index (χ3n) is 3.27. The van der Waals surface area contributed by atoms with Gasteiger partial charge in [0.25, 0.3) is 0 Å². The number of nitrogens with two attached hydrogens (primary N) is 1. The zero-order valence-electron chi connectivity index (χ0n) is 10.8. The van der Waals surface area contributed by atoms with E-state index in [0.29, 0.717) is 18.4 Å². The van der Waals surface area contributed by atoms with Gasteiger partial charge in [0.15, 0.2) is 0 Å². The number of nitrogens with one attached hydrogen (secondary N) is 1. The molecule has 3 rings (SSSR count). The van der Waals surface area contributed by atoms with Crippen molar-refractivity contribution in [3.63, 3.8) is 0 Å². The van der Waals surface area contributed by atoms with Gasteiger partial charge in [-0.1, -0.05) is 0 Å². The molecule has 102 valence electrons. The summed E-state index contributed by atoms with van der Waals surface area (Å²) in [6.45, 7) is 1.53. The van der Waals surface area contributed by atoms with Gasteiger partial charge in [-0.15, -0.1) is 11.3 Å². The quantitative estimate of drug-likeness (QED) is 0.615. The molecule has 0 bridgehead atoms. The number of nitrogen functional groups attached to an aromatic ring is 1. The summed E-state index contributed by atoms with van der Waals surface area (Å²) in [4.78, 5) is 11.8. The van der Waals surface area contributed by atoms with E-state index in [-0.39, 0.29) is 0 Å². The minimum atomic E-state index is 0.389. The van der Waals surface area contributed by atoms with E-state index in [1.807, 2.05) is 11.4 Å². The van der Waals surface area contributed by atoms with Gasteiger partial charge in [0.2, 0.25) is 11.8 Å². The number of hydrazine groups is 1. The number of ether oxygens (including phenoxy) is 1. The molecule has 1 fully saturated rings. The fraction of sp³-hybridized carbons (Fsp3) is 0.500. The number of hydrogen-bond acceptors (Lipinski definition) is 7. The fourth-order valence-electron chi connectivity index (χ4n) is 1.99. The number of fused-ring (bicyclic) bond motifs is 1. The lowest BCUT2D eigenvalue weighted by molar-refractivity contribution is 0.228. The van der Waals surface area contributed by atoms with Gasteiger partial charge in [0, 0.05) is 12.6 Å². The third kappa shape index (κ3) is 2.78. The Morgan fingerprint density at radius 2 is 2.37 bits per heavy atom. The maximum absolute atomic E-state index is 5.79. The van der Waals surface area contributed by atoms with Crippen LogP contribution in [-0.4, -0.2) is 41.1 Å². The van der Waals surface area contributed by atoms with Crippen molar-refractivity contribution in [1.82, 2.24) is 14.9 Å². The Balaban J connectivity index is 1.70. The summed E-state index contributed by atoms with van der Waals surface area (Å²) < 4.78 is 5.79. The van der Waals surface area contributed by atoms with Crippen LogP contribution in [0.15, 0.2) is 11.4 Å². The summed E-state index contributed by atoms with van der Waals surface area (Å²) >= 11 is 1.55. The van der Waals surface area contributed by atoms with Crippen molar-refractivity contribution in [3.8, 4) is 5.88 Å². The van der Waals surface area contributed by atoms with Gasteiger partial charge in [-0.2, -0.15) is 4.98 Å². The van der Waals surface area contributed by atoms with Crippen molar-refractivity contribution in [3.05, 3.63) is 11.4 Å². The first kappa shape index (κ1) is 12.6. The van der Waals surface area contributed by atoms with Gasteiger partial charge in [0.1, 0.15) is 11.4 Å². The van der Waals surface area contributed by atoms with Crippen molar-refractivity contribution in [2.45, 2.75) is 18.9 Å². The largest absolute Gasteiger partial charge is 0.476 e. The topological polar surface area (TPSA) is 76.3 Å². The Morgan fingerprint density at radius 3 is 3.11 bits per heavy atom. The summed E-state index contributed by atoms with van der Waals surface area (Å²) in [5.74, 6) is 6.36. The highest BCUT2D eigenvalue weighted by Crippen LogP contribution is 2.28. The lowest BCUT2D eigenvalue weighted by Crippen LogP contribution is -2.26. The van der Waals surface area contributed by atoms with Crippen molar-refractivity contribution in [2.24, 2.45) is 5.84 Å². The van der Waals surface area contributed by atoms with Crippen LogP contribution in [0.5, 0.6) is 5.88 Å². The maximum Gasteiger partial charge on any atom is 0.241 e. The molecule has 7 heteroatoms. The van der Waals surface area contributed by atoms with E-state index < -0.39 is 0 Å². The molecule has 0 spiro atoms. The van der Waals surface area contributed by atoms with E-state index in [4.69, 9.17) is 10.6 Å². The number of thiophene rings is 1. The van der Waals surface area contributed by atoms with Crippen LogP contribution < -0.4 is 16.0 Å².